The molecule has 1 N–H and O–H groups in total. The van der Waals surface area contributed by atoms with E-state index in [1.165, 1.54) is 0 Å². The number of hydrogen-bond acceptors (Lipinski definition) is 3. The molecule has 2 fully saturated rings. The molecule has 0 aliphatic carbocycles. The van der Waals surface area contributed by atoms with Crippen LogP contribution in [0, 0.1) is 11.3 Å². The Bertz CT molecular complexity index is 271. The maximum absolute atomic E-state index is 14.3. The van der Waals surface area contributed by atoms with Gasteiger partial charge < -0.3 is 10.2 Å². The van der Waals surface area contributed by atoms with Crippen molar-refractivity contribution in [3.05, 3.63) is 0 Å². The number of hydrogen-bond donors (Lipinski definition) is 1. The Kier molecular flexibility index (Phi) is 5.21. The van der Waals surface area contributed by atoms with E-state index in [1.807, 2.05) is 0 Å². The second kappa shape index (κ2) is 6.51. The van der Waals surface area contributed by atoms with E-state index >= 15 is 0 Å². The third-order valence-electron chi connectivity index (χ3n) is 4.16. The van der Waals surface area contributed by atoms with Crippen molar-refractivity contribution in [2.24, 2.45) is 11.3 Å². The van der Waals surface area contributed by atoms with E-state index in [9.17, 15) is 4.39 Å². The largest absolute Gasteiger partial charge is 0.314 e. The second-order valence-corrected chi connectivity index (χ2v) is 7.41. The SMILES string of the molecule is CC(C)(C)CN1CC[C@@H](CN2CCNCC2)[C@@H](F)C1. The maximum atomic E-state index is 14.3. The van der Waals surface area contributed by atoms with Crippen molar-refractivity contribution in [2.75, 3.05) is 52.4 Å². The Labute approximate surface area is 117 Å². The highest BCUT2D eigenvalue weighted by atomic mass is 19.1. The van der Waals surface area contributed by atoms with Crippen LogP contribution in [0.5, 0.6) is 0 Å². The Morgan fingerprint density at radius 1 is 1.11 bits per heavy atom. The summed E-state index contributed by atoms with van der Waals surface area (Å²) >= 11 is 0. The van der Waals surface area contributed by atoms with Gasteiger partial charge in [0.15, 0.2) is 0 Å². The Morgan fingerprint density at radius 2 is 1.79 bits per heavy atom. The molecule has 0 aromatic carbocycles. The first-order valence-electron chi connectivity index (χ1n) is 7.73. The average Bonchev–Trinajstić information content (AvgIpc) is 2.32. The first-order valence-corrected chi connectivity index (χ1v) is 7.73. The smallest absolute Gasteiger partial charge is 0.117 e. The van der Waals surface area contributed by atoms with Gasteiger partial charge in [0.1, 0.15) is 6.17 Å². The highest BCUT2D eigenvalue weighted by Gasteiger charge is 2.32. The van der Waals surface area contributed by atoms with Gasteiger partial charge in [-0.2, -0.15) is 0 Å². The van der Waals surface area contributed by atoms with E-state index in [0.717, 1.165) is 52.2 Å². The molecule has 0 bridgehead atoms. The normalized spacial score (nSPS) is 31.6. The molecule has 0 spiro atoms. The Morgan fingerprint density at radius 3 is 2.37 bits per heavy atom. The van der Waals surface area contributed by atoms with Gasteiger partial charge >= 0.3 is 0 Å². The van der Waals surface area contributed by atoms with Gasteiger partial charge in [0.25, 0.3) is 0 Å². The molecule has 2 saturated heterocycles. The number of piperidine rings is 1. The summed E-state index contributed by atoms with van der Waals surface area (Å²) in [6.07, 6.45) is 0.368. The van der Waals surface area contributed by atoms with Crippen molar-refractivity contribution < 1.29 is 4.39 Å². The number of nitrogens with zero attached hydrogens (tertiary/aromatic N) is 2. The molecule has 4 heteroatoms. The Hall–Kier alpha value is -0.190. The maximum Gasteiger partial charge on any atom is 0.117 e. The van der Waals surface area contributed by atoms with Crippen molar-refractivity contribution in [1.29, 1.82) is 0 Å². The standard InChI is InChI=1S/C15H30FN3/c1-15(2,3)12-19-7-4-13(14(16)11-19)10-18-8-5-17-6-9-18/h13-14,17H,4-12H2,1-3H3/t13-,14-/m0/s1. The molecule has 19 heavy (non-hydrogen) atoms. The van der Waals surface area contributed by atoms with Gasteiger partial charge in [-0.25, -0.2) is 4.39 Å². The fourth-order valence-corrected chi connectivity index (χ4v) is 3.26. The summed E-state index contributed by atoms with van der Waals surface area (Å²) in [6, 6.07) is 0. The summed E-state index contributed by atoms with van der Waals surface area (Å²) < 4.78 is 14.3. The lowest BCUT2D eigenvalue weighted by Crippen LogP contribution is -2.51. The van der Waals surface area contributed by atoms with Gasteiger partial charge in [-0.15, -0.1) is 0 Å². The second-order valence-electron chi connectivity index (χ2n) is 7.41. The first kappa shape index (κ1) is 15.2. The molecular formula is C15H30FN3. The number of piperazine rings is 1. The minimum absolute atomic E-state index is 0.245. The zero-order chi connectivity index (χ0) is 13.9. The van der Waals surface area contributed by atoms with Gasteiger partial charge in [0, 0.05) is 51.7 Å². The molecule has 3 nitrogen and oxygen atoms in total. The van der Waals surface area contributed by atoms with E-state index in [-0.39, 0.29) is 11.3 Å². The lowest BCUT2D eigenvalue weighted by Gasteiger charge is -2.40. The minimum atomic E-state index is -0.647. The Balaban J connectivity index is 1.76. The van der Waals surface area contributed by atoms with Crippen LogP contribution in [-0.4, -0.2) is 68.3 Å². The molecule has 2 aliphatic rings. The summed E-state index contributed by atoms with van der Waals surface area (Å²) in [4.78, 5) is 4.73. The molecule has 0 amide bonds. The molecule has 112 valence electrons. The molecule has 0 aromatic rings. The molecule has 2 atom stereocenters. The topological polar surface area (TPSA) is 18.5 Å². The highest BCUT2D eigenvalue weighted by molar-refractivity contribution is 4.85. The van der Waals surface area contributed by atoms with Crippen LogP contribution in [0.1, 0.15) is 27.2 Å². The van der Waals surface area contributed by atoms with E-state index in [4.69, 9.17) is 0 Å². The van der Waals surface area contributed by atoms with Gasteiger partial charge in [0.2, 0.25) is 0 Å². The molecule has 2 heterocycles. The summed E-state index contributed by atoms with van der Waals surface area (Å²) in [5, 5.41) is 3.35. The van der Waals surface area contributed by atoms with Crippen molar-refractivity contribution in [2.45, 2.75) is 33.4 Å². The lowest BCUT2D eigenvalue weighted by molar-refractivity contribution is 0.0430. The number of nitrogens with one attached hydrogen (secondary N) is 1. The van der Waals surface area contributed by atoms with Crippen LogP contribution >= 0.6 is 0 Å². The van der Waals surface area contributed by atoms with Crippen LogP contribution in [0.4, 0.5) is 4.39 Å². The highest BCUT2D eigenvalue weighted by Crippen LogP contribution is 2.25. The van der Waals surface area contributed by atoms with Crippen LogP contribution in [0.15, 0.2) is 0 Å². The lowest BCUT2D eigenvalue weighted by atomic mass is 9.90. The van der Waals surface area contributed by atoms with Crippen LogP contribution < -0.4 is 5.32 Å². The van der Waals surface area contributed by atoms with Crippen molar-refractivity contribution in [1.82, 2.24) is 15.1 Å². The van der Waals surface area contributed by atoms with Gasteiger partial charge in [-0.05, 0) is 18.4 Å². The molecule has 0 aromatic heterocycles. The van der Waals surface area contributed by atoms with Gasteiger partial charge in [0.05, 0.1) is 0 Å². The van der Waals surface area contributed by atoms with E-state index in [2.05, 4.69) is 35.9 Å². The number of likely N-dealkylation sites (tertiary alicyclic amines) is 1. The molecule has 0 radical (unpaired) electrons. The predicted molar refractivity (Wildman–Crippen MR) is 78.2 cm³/mol. The van der Waals surface area contributed by atoms with E-state index in [0.29, 0.717) is 6.54 Å². The van der Waals surface area contributed by atoms with Crippen LogP contribution in [0.3, 0.4) is 0 Å². The van der Waals surface area contributed by atoms with Gasteiger partial charge in [-0.3, -0.25) is 4.90 Å². The summed E-state index contributed by atoms with van der Waals surface area (Å²) in [5.41, 5.74) is 0.269. The molecule has 2 rings (SSSR count). The fraction of sp³-hybridized carbons (Fsp3) is 1.00. The molecule has 2 aliphatic heterocycles. The predicted octanol–water partition coefficient (Wildman–Crippen LogP) is 1.60. The fourth-order valence-electron chi connectivity index (χ4n) is 3.26. The molecule has 0 saturated carbocycles. The summed E-state index contributed by atoms with van der Waals surface area (Å²) in [5.74, 6) is 0.245. The van der Waals surface area contributed by atoms with E-state index in [1.54, 1.807) is 0 Å². The zero-order valence-electron chi connectivity index (χ0n) is 12.8. The monoisotopic (exact) mass is 271 g/mol. The average molecular weight is 271 g/mol. The van der Waals surface area contributed by atoms with Crippen molar-refractivity contribution in [3.8, 4) is 0 Å². The minimum Gasteiger partial charge on any atom is -0.314 e. The third-order valence-corrected chi connectivity index (χ3v) is 4.16. The van der Waals surface area contributed by atoms with Crippen LogP contribution in [0.2, 0.25) is 0 Å². The zero-order valence-corrected chi connectivity index (χ0v) is 12.8. The van der Waals surface area contributed by atoms with Crippen LogP contribution in [-0.2, 0) is 0 Å². The summed E-state index contributed by atoms with van der Waals surface area (Å²) in [6.45, 7) is 14.6. The molecular weight excluding hydrogens is 241 g/mol. The van der Waals surface area contributed by atoms with Gasteiger partial charge in [-0.1, -0.05) is 20.8 Å². The molecule has 0 unspecified atom stereocenters. The van der Waals surface area contributed by atoms with Crippen molar-refractivity contribution in [3.63, 3.8) is 0 Å². The number of alkyl halides is 1. The quantitative estimate of drug-likeness (QED) is 0.841. The summed E-state index contributed by atoms with van der Waals surface area (Å²) in [7, 11) is 0. The number of rotatable bonds is 3. The third kappa shape index (κ3) is 5.01. The number of halogens is 1. The van der Waals surface area contributed by atoms with Crippen LogP contribution in [0.25, 0.3) is 0 Å². The van der Waals surface area contributed by atoms with E-state index < -0.39 is 6.17 Å². The first-order chi connectivity index (χ1) is 8.94. The van der Waals surface area contributed by atoms with Crippen molar-refractivity contribution >= 4 is 0 Å².